The summed E-state index contributed by atoms with van der Waals surface area (Å²) in [5.74, 6) is 0. The Balaban J connectivity index is 1.74. The minimum absolute atomic E-state index is 0.0322. The molecule has 0 aliphatic heterocycles. The molecule has 0 bridgehead atoms. The first kappa shape index (κ1) is 17.9. The number of nitrogens with zero attached hydrogens (tertiary/aromatic N) is 4. The molecule has 0 atom stereocenters. The normalized spacial score (nSPS) is 15.4. The average Bonchev–Trinajstić information content (AvgIpc) is 3.12. The maximum atomic E-state index is 13.1. The third-order valence-corrected chi connectivity index (χ3v) is 5.44. The molecule has 2 aromatic rings. The van der Waals surface area contributed by atoms with Gasteiger partial charge in [0.1, 0.15) is 0 Å². The molecule has 25 heavy (non-hydrogen) atoms. The van der Waals surface area contributed by atoms with Crippen molar-refractivity contribution in [2.24, 2.45) is 7.05 Å². The Hall–Kier alpha value is -1.88. The molecule has 0 aromatic carbocycles. The summed E-state index contributed by atoms with van der Waals surface area (Å²) >= 11 is 0. The predicted octanol–water partition coefficient (Wildman–Crippen LogP) is 1.49. The van der Waals surface area contributed by atoms with Crippen LogP contribution in [0.5, 0.6) is 0 Å². The summed E-state index contributed by atoms with van der Waals surface area (Å²) in [6, 6.07) is 0. The van der Waals surface area contributed by atoms with Crippen LogP contribution in [0.4, 0.5) is 13.2 Å². The van der Waals surface area contributed by atoms with Gasteiger partial charge >= 0.3 is 6.18 Å². The largest absolute Gasteiger partial charge is 0.435 e. The van der Waals surface area contributed by atoms with E-state index in [1.54, 1.807) is 7.05 Å². The lowest BCUT2D eigenvalue weighted by Gasteiger charge is -2.14. The van der Waals surface area contributed by atoms with Gasteiger partial charge in [-0.05, 0) is 25.7 Å². The molecule has 2 aromatic heterocycles. The predicted molar refractivity (Wildman–Crippen MR) is 82.3 cm³/mol. The highest BCUT2D eigenvalue weighted by Crippen LogP contribution is 2.35. The molecule has 7 nitrogen and oxygen atoms in total. The van der Waals surface area contributed by atoms with Crippen molar-refractivity contribution >= 4 is 10.0 Å². The Kier molecular flexibility index (Phi) is 4.62. The lowest BCUT2D eigenvalue weighted by Crippen LogP contribution is -2.28. The number of alkyl halides is 3. The number of rotatable bonds is 5. The van der Waals surface area contributed by atoms with Gasteiger partial charge in [-0.15, -0.1) is 0 Å². The SMILES string of the molecule is Cn1cnc(S(=O)(=O)NCCn2nc(C(F)(F)F)c3c2CCCC3)c1. The quantitative estimate of drug-likeness (QED) is 0.856. The first-order valence-electron chi connectivity index (χ1n) is 7.82. The number of nitrogens with one attached hydrogen (secondary N) is 1. The third kappa shape index (κ3) is 3.71. The highest BCUT2D eigenvalue weighted by molar-refractivity contribution is 7.89. The Bertz CT molecular complexity index is 870. The van der Waals surface area contributed by atoms with E-state index >= 15 is 0 Å². The molecule has 1 N–H and O–H groups in total. The molecule has 1 aliphatic rings. The number of sulfonamides is 1. The Morgan fingerprint density at radius 2 is 2.00 bits per heavy atom. The van der Waals surface area contributed by atoms with Crippen molar-refractivity contribution in [3.8, 4) is 0 Å². The molecule has 0 saturated carbocycles. The van der Waals surface area contributed by atoms with Gasteiger partial charge in [-0.2, -0.15) is 18.3 Å². The summed E-state index contributed by atoms with van der Waals surface area (Å²) in [6.07, 6.45) is 0.576. The van der Waals surface area contributed by atoms with Gasteiger partial charge in [-0.25, -0.2) is 18.1 Å². The lowest BCUT2D eigenvalue weighted by atomic mass is 9.95. The van der Waals surface area contributed by atoms with Crippen LogP contribution < -0.4 is 4.72 Å². The maximum absolute atomic E-state index is 13.1. The zero-order chi connectivity index (χ0) is 18.2. The summed E-state index contributed by atoms with van der Waals surface area (Å²) in [6.45, 7) is -0.0329. The molecule has 138 valence electrons. The van der Waals surface area contributed by atoms with Crippen LogP contribution in [0.2, 0.25) is 0 Å². The van der Waals surface area contributed by atoms with Gasteiger partial charge in [0.05, 0.1) is 12.9 Å². The van der Waals surface area contributed by atoms with Crippen molar-refractivity contribution < 1.29 is 21.6 Å². The van der Waals surface area contributed by atoms with Gasteiger partial charge in [0.15, 0.2) is 10.7 Å². The van der Waals surface area contributed by atoms with Crippen molar-refractivity contribution in [3.05, 3.63) is 29.5 Å². The fourth-order valence-electron chi connectivity index (χ4n) is 2.97. The van der Waals surface area contributed by atoms with Crippen LogP contribution in [-0.4, -0.2) is 34.3 Å². The third-order valence-electron chi connectivity index (χ3n) is 4.10. The zero-order valence-electron chi connectivity index (χ0n) is 13.5. The van der Waals surface area contributed by atoms with Gasteiger partial charge in [-0.3, -0.25) is 4.68 Å². The number of fused-ring (bicyclic) bond motifs is 1. The zero-order valence-corrected chi connectivity index (χ0v) is 14.4. The molecule has 0 amide bonds. The topological polar surface area (TPSA) is 81.8 Å². The molecule has 0 unspecified atom stereocenters. The first-order chi connectivity index (χ1) is 11.7. The summed E-state index contributed by atoms with van der Waals surface area (Å²) in [7, 11) is -2.16. The average molecular weight is 377 g/mol. The molecular weight excluding hydrogens is 359 g/mol. The summed E-state index contributed by atoms with van der Waals surface area (Å²) < 4.78 is 68.7. The van der Waals surface area contributed by atoms with Crippen molar-refractivity contribution in [1.29, 1.82) is 0 Å². The van der Waals surface area contributed by atoms with Crippen molar-refractivity contribution in [2.45, 2.75) is 43.4 Å². The summed E-state index contributed by atoms with van der Waals surface area (Å²) in [4.78, 5) is 3.76. The van der Waals surface area contributed by atoms with Crippen LogP contribution in [0.3, 0.4) is 0 Å². The molecule has 0 radical (unpaired) electrons. The molecule has 11 heteroatoms. The fourth-order valence-corrected chi connectivity index (χ4v) is 3.97. The van der Waals surface area contributed by atoms with Crippen LogP contribution in [0.15, 0.2) is 17.6 Å². The van der Waals surface area contributed by atoms with Crippen LogP contribution in [0.25, 0.3) is 0 Å². The van der Waals surface area contributed by atoms with E-state index in [2.05, 4.69) is 14.8 Å². The Labute approximate surface area is 142 Å². The number of halogens is 3. The van der Waals surface area contributed by atoms with Gasteiger partial charge in [0.25, 0.3) is 10.0 Å². The molecule has 2 heterocycles. The van der Waals surface area contributed by atoms with E-state index in [9.17, 15) is 21.6 Å². The van der Waals surface area contributed by atoms with Crippen LogP contribution in [-0.2, 0) is 42.6 Å². The second-order valence-electron chi connectivity index (χ2n) is 5.98. The van der Waals surface area contributed by atoms with E-state index in [0.717, 1.165) is 6.42 Å². The maximum Gasteiger partial charge on any atom is 0.435 e. The number of hydrogen-bond donors (Lipinski definition) is 1. The van der Waals surface area contributed by atoms with E-state index in [-0.39, 0.29) is 23.7 Å². The van der Waals surface area contributed by atoms with Crippen LogP contribution >= 0.6 is 0 Å². The molecule has 0 fully saturated rings. The van der Waals surface area contributed by atoms with Gasteiger partial charge < -0.3 is 4.57 Å². The van der Waals surface area contributed by atoms with Crippen molar-refractivity contribution in [2.75, 3.05) is 6.54 Å². The van der Waals surface area contributed by atoms with E-state index in [1.165, 1.54) is 21.8 Å². The molecule has 0 spiro atoms. The van der Waals surface area contributed by atoms with Gasteiger partial charge in [0, 0.05) is 31.0 Å². The minimum atomic E-state index is -4.50. The molecule has 3 rings (SSSR count). The highest BCUT2D eigenvalue weighted by Gasteiger charge is 2.39. The van der Waals surface area contributed by atoms with Gasteiger partial charge in [0.2, 0.25) is 0 Å². The molecular formula is C14H18F3N5O2S. The van der Waals surface area contributed by atoms with Gasteiger partial charge in [-0.1, -0.05) is 0 Å². The number of aromatic nitrogens is 4. The van der Waals surface area contributed by atoms with Crippen LogP contribution in [0.1, 0.15) is 29.8 Å². The van der Waals surface area contributed by atoms with Crippen molar-refractivity contribution in [1.82, 2.24) is 24.1 Å². The highest BCUT2D eigenvalue weighted by atomic mass is 32.2. The molecule has 0 saturated heterocycles. The number of imidazole rings is 1. The van der Waals surface area contributed by atoms with E-state index in [4.69, 9.17) is 0 Å². The Morgan fingerprint density at radius 1 is 1.28 bits per heavy atom. The lowest BCUT2D eigenvalue weighted by molar-refractivity contribution is -0.142. The first-order valence-corrected chi connectivity index (χ1v) is 9.30. The summed E-state index contributed by atoms with van der Waals surface area (Å²) in [5.41, 5.74) is -0.0586. The molecule has 1 aliphatic carbocycles. The number of aryl methyl sites for hydroxylation is 1. The second kappa shape index (κ2) is 6.45. The minimum Gasteiger partial charge on any atom is -0.339 e. The van der Waals surface area contributed by atoms with Crippen molar-refractivity contribution in [3.63, 3.8) is 0 Å². The van der Waals surface area contributed by atoms with Crippen LogP contribution in [0, 0.1) is 0 Å². The fraction of sp³-hybridized carbons (Fsp3) is 0.571. The number of hydrogen-bond acceptors (Lipinski definition) is 4. The summed E-state index contributed by atoms with van der Waals surface area (Å²) in [5, 5.41) is 3.57. The smallest absolute Gasteiger partial charge is 0.339 e. The van der Waals surface area contributed by atoms with E-state index in [1.807, 2.05) is 0 Å². The standard InChI is InChI=1S/C14H18F3N5O2S/c1-21-8-12(18-9-21)25(23,24)19-6-7-22-11-5-3-2-4-10(11)13(20-22)14(15,16)17/h8-9,19H,2-7H2,1H3. The monoisotopic (exact) mass is 377 g/mol. The van der Waals surface area contributed by atoms with E-state index in [0.29, 0.717) is 25.0 Å². The second-order valence-corrected chi connectivity index (χ2v) is 7.69. The Morgan fingerprint density at radius 3 is 2.64 bits per heavy atom. The van der Waals surface area contributed by atoms with E-state index < -0.39 is 21.9 Å².